The van der Waals surface area contributed by atoms with E-state index in [1.807, 2.05) is 24.3 Å². The average molecular weight is 258 g/mol. The molecule has 0 spiro atoms. The van der Waals surface area contributed by atoms with E-state index in [4.69, 9.17) is 0 Å². The molecule has 0 saturated heterocycles. The number of hydrogen-bond donors (Lipinski definition) is 3. The number of nitrogens with one attached hydrogen (secondary N) is 2. The molecular weight excluding hydrogens is 240 g/mol. The zero-order valence-corrected chi connectivity index (χ0v) is 11.4. The topological polar surface area (TPSA) is 68.9 Å². The van der Waals surface area contributed by atoms with Crippen LogP contribution in [0.15, 0.2) is 35.6 Å². The van der Waals surface area contributed by atoms with Gasteiger partial charge in [-0.25, -0.2) is 4.79 Å². The molecule has 0 aliphatic rings. The van der Waals surface area contributed by atoms with Gasteiger partial charge in [0.15, 0.2) is 0 Å². The number of aromatic amines is 2. The second kappa shape index (κ2) is 4.46. The van der Waals surface area contributed by atoms with Crippen LogP contribution in [0.25, 0.3) is 5.57 Å². The highest BCUT2D eigenvalue weighted by Gasteiger charge is 2.15. The van der Waals surface area contributed by atoms with Crippen molar-refractivity contribution in [3.63, 3.8) is 0 Å². The van der Waals surface area contributed by atoms with Crippen molar-refractivity contribution in [3.05, 3.63) is 58.1 Å². The summed E-state index contributed by atoms with van der Waals surface area (Å²) in [6, 6.07) is 7.94. The van der Waals surface area contributed by atoms with E-state index in [1.165, 1.54) is 5.56 Å². The lowest BCUT2D eigenvalue weighted by Crippen LogP contribution is -2.10. The van der Waals surface area contributed by atoms with Crippen molar-refractivity contribution in [3.8, 4) is 5.88 Å². The number of hydrogen-bond acceptors (Lipinski definition) is 2. The van der Waals surface area contributed by atoms with E-state index in [9.17, 15) is 9.90 Å². The van der Waals surface area contributed by atoms with Crippen molar-refractivity contribution < 1.29 is 5.11 Å². The molecule has 2 rings (SSSR count). The second-order valence-corrected chi connectivity index (χ2v) is 5.61. The van der Waals surface area contributed by atoms with Crippen LogP contribution in [0.5, 0.6) is 5.88 Å². The largest absolute Gasteiger partial charge is 0.493 e. The van der Waals surface area contributed by atoms with E-state index in [1.54, 1.807) is 0 Å². The Bertz CT molecular complexity index is 655. The van der Waals surface area contributed by atoms with Crippen LogP contribution in [-0.4, -0.2) is 15.1 Å². The molecule has 0 radical (unpaired) electrons. The van der Waals surface area contributed by atoms with Crippen molar-refractivity contribution in [2.24, 2.45) is 0 Å². The molecule has 2 aromatic rings. The van der Waals surface area contributed by atoms with E-state index in [2.05, 4.69) is 37.3 Å². The molecular formula is C15H18N2O2. The van der Waals surface area contributed by atoms with Gasteiger partial charge in [-0.2, -0.15) is 0 Å². The standard InChI is InChI=1S/C15H18N2O2/c1-9(12-13(18)17-14(19)16-12)10-5-7-11(8-6-10)15(2,3)4/h5-8,18H,1H2,2-4H3,(H2,16,17,19). The van der Waals surface area contributed by atoms with Crippen molar-refractivity contribution >= 4 is 5.57 Å². The molecule has 4 heteroatoms. The minimum absolute atomic E-state index is 0.0877. The molecule has 1 aromatic heterocycles. The molecule has 0 amide bonds. The summed E-state index contributed by atoms with van der Waals surface area (Å²) in [5, 5.41) is 9.60. The molecule has 0 saturated carbocycles. The smallest absolute Gasteiger partial charge is 0.326 e. The van der Waals surface area contributed by atoms with Crippen molar-refractivity contribution in [2.75, 3.05) is 0 Å². The second-order valence-electron chi connectivity index (χ2n) is 5.61. The SMILES string of the molecule is C=C(c1ccc(C(C)(C)C)cc1)c1[nH]c(=O)[nH]c1O. The minimum Gasteiger partial charge on any atom is -0.493 e. The molecule has 1 heterocycles. The highest BCUT2D eigenvalue weighted by Crippen LogP contribution is 2.27. The van der Waals surface area contributed by atoms with Gasteiger partial charge in [-0.3, -0.25) is 4.98 Å². The molecule has 0 unspecified atom stereocenters. The Morgan fingerprint density at radius 2 is 1.74 bits per heavy atom. The molecule has 0 aliphatic heterocycles. The zero-order valence-electron chi connectivity index (χ0n) is 11.4. The Labute approximate surface area is 111 Å². The molecule has 3 N–H and O–H groups in total. The number of rotatable bonds is 2. The highest BCUT2D eigenvalue weighted by molar-refractivity contribution is 5.78. The third kappa shape index (κ3) is 2.62. The van der Waals surface area contributed by atoms with Crippen LogP contribution in [0.3, 0.4) is 0 Å². The van der Waals surface area contributed by atoms with Crippen LogP contribution in [0.2, 0.25) is 0 Å². The molecule has 0 fully saturated rings. The van der Waals surface area contributed by atoms with Crippen LogP contribution in [0.1, 0.15) is 37.6 Å². The lowest BCUT2D eigenvalue weighted by Gasteiger charge is -2.19. The number of aromatic hydroxyl groups is 1. The third-order valence-corrected chi connectivity index (χ3v) is 3.11. The molecule has 0 aliphatic carbocycles. The summed E-state index contributed by atoms with van der Waals surface area (Å²) in [5.41, 5.74) is 2.63. The van der Waals surface area contributed by atoms with Crippen LogP contribution >= 0.6 is 0 Å². The van der Waals surface area contributed by atoms with Gasteiger partial charge >= 0.3 is 5.69 Å². The maximum atomic E-state index is 11.1. The van der Waals surface area contributed by atoms with Crippen molar-refractivity contribution in [2.45, 2.75) is 26.2 Å². The summed E-state index contributed by atoms with van der Waals surface area (Å²) in [6.07, 6.45) is 0. The summed E-state index contributed by atoms with van der Waals surface area (Å²) in [7, 11) is 0. The first-order valence-electron chi connectivity index (χ1n) is 6.10. The highest BCUT2D eigenvalue weighted by atomic mass is 16.3. The third-order valence-electron chi connectivity index (χ3n) is 3.11. The van der Waals surface area contributed by atoms with E-state index >= 15 is 0 Å². The van der Waals surface area contributed by atoms with Gasteiger partial charge < -0.3 is 10.1 Å². The van der Waals surface area contributed by atoms with Crippen molar-refractivity contribution in [1.82, 2.24) is 9.97 Å². The molecule has 0 bridgehead atoms. The van der Waals surface area contributed by atoms with Gasteiger partial charge in [0.2, 0.25) is 5.88 Å². The van der Waals surface area contributed by atoms with Crippen LogP contribution in [0, 0.1) is 0 Å². The first kappa shape index (κ1) is 13.2. The Morgan fingerprint density at radius 3 is 2.16 bits per heavy atom. The predicted octanol–water partition coefficient (Wildman–Crippen LogP) is 2.77. The normalized spacial score (nSPS) is 11.5. The molecule has 4 nitrogen and oxygen atoms in total. The van der Waals surface area contributed by atoms with Gasteiger partial charge in [-0.05, 0) is 16.5 Å². The van der Waals surface area contributed by atoms with Crippen LogP contribution in [0.4, 0.5) is 0 Å². The van der Waals surface area contributed by atoms with Gasteiger partial charge in [0.1, 0.15) is 5.69 Å². The maximum absolute atomic E-state index is 11.1. The van der Waals surface area contributed by atoms with E-state index < -0.39 is 5.69 Å². The average Bonchev–Trinajstić information content (AvgIpc) is 2.66. The fourth-order valence-corrected chi connectivity index (χ4v) is 1.91. The number of aromatic nitrogens is 2. The monoisotopic (exact) mass is 258 g/mol. The first-order chi connectivity index (χ1) is 8.79. The van der Waals surface area contributed by atoms with Crippen LogP contribution < -0.4 is 5.69 Å². The van der Waals surface area contributed by atoms with Gasteiger partial charge in [0.25, 0.3) is 0 Å². The Kier molecular flexibility index (Phi) is 3.10. The number of imidazole rings is 1. The van der Waals surface area contributed by atoms with Crippen LogP contribution in [-0.2, 0) is 5.41 Å². The van der Waals surface area contributed by atoms with E-state index in [-0.39, 0.29) is 11.3 Å². The van der Waals surface area contributed by atoms with Crippen molar-refractivity contribution in [1.29, 1.82) is 0 Å². The van der Waals surface area contributed by atoms with Gasteiger partial charge in [0, 0.05) is 5.57 Å². The summed E-state index contributed by atoms with van der Waals surface area (Å²) in [6.45, 7) is 10.3. The van der Waals surface area contributed by atoms with Gasteiger partial charge in [0.05, 0.1) is 0 Å². The summed E-state index contributed by atoms with van der Waals surface area (Å²) in [5.74, 6) is -0.185. The van der Waals surface area contributed by atoms with E-state index in [0.717, 1.165) is 5.56 Å². The Balaban J connectivity index is 2.35. The lowest BCUT2D eigenvalue weighted by atomic mass is 9.86. The Morgan fingerprint density at radius 1 is 1.16 bits per heavy atom. The molecule has 1 aromatic carbocycles. The summed E-state index contributed by atoms with van der Waals surface area (Å²) in [4.78, 5) is 15.9. The first-order valence-corrected chi connectivity index (χ1v) is 6.10. The summed E-state index contributed by atoms with van der Waals surface area (Å²) < 4.78 is 0. The molecule has 0 atom stereocenters. The fourth-order valence-electron chi connectivity index (χ4n) is 1.91. The molecule has 19 heavy (non-hydrogen) atoms. The summed E-state index contributed by atoms with van der Waals surface area (Å²) >= 11 is 0. The van der Waals surface area contributed by atoms with E-state index in [0.29, 0.717) is 11.3 Å². The number of H-pyrrole nitrogens is 2. The minimum atomic E-state index is -0.444. The predicted molar refractivity (Wildman–Crippen MR) is 76.4 cm³/mol. The van der Waals surface area contributed by atoms with Gasteiger partial charge in [-0.15, -0.1) is 0 Å². The maximum Gasteiger partial charge on any atom is 0.326 e. The molecule has 100 valence electrons. The van der Waals surface area contributed by atoms with Gasteiger partial charge in [-0.1, -0.05) is 51.6 Å². The number of benzene rings is 1. The lowest BCUT2D eigenvalue weighted by molar-refractivity contribution is 0.454. The Hall–Kier alpha value is -2.23. The fraction of sp³-hybridized carbons (Fsp3) is 0.267. The zero-order chi connectivity index (χ0) is 14.2. The quantitative estimate of drug-likeness (QED) is 0.775.